The smallest absolute Gasteiger partial charge is 0.244 e. The topological polar surface area (TPSA) is 86.8 Å². The van der Waals surface area contributed by atoms with Crippen molar-refractivity contribution in [1.29, 1.82) is 0 Å². The maximum atomic E-state index is 14.1. The van der Waals surface area contributed by atoms with Gasteiger partial charge in [-0.25, -0.2) is 8.42 Å². The molecule has 7 nitrogen and oxygen atoms in total. The van der Waals surface area contributed by atoms with E-state index < -0.39 is 28.5 Å². The molecular weight excluding hydrogens is 557 g/mol. The molecule has 0 saturated carbocycles. The van der Waals surface area contributed by atoms with Gasteiger partial charge in [0.1, 0.15) is 12.6 Å². The van der Waals surface area contributed by atoms with Crippen molar-refractivity contribution >= 4 is 50.7 Å². The Bertz CT molecular complexity index is 1420. The maximum Gasteiger partial charge on any atom is 0.244 e. The quantitative estimate of drug-likeness (QED) is 0.331. The first-order valence-electron chi connectivity index (χ1n) is 12.5. The Hall–Kier alpha value is -3.07. The largest absolute Gasteiger partial charge is 0.352 e. The molecule has 0 unspecified atom stereocenters. The van der Waals surface area contributed by atoms with E-state index in [4.69, 9.17) is 23.2 Å². The van der Waals surface area contributed by atoms with Crippen LogP contribution in [0.5, 0.6) is 0 Å². The zero-order chi connectivity index (χ0) is 28.7. The molecule has 3 aromatic rings. The van der Waals surface area contributed by atoms with Gasteiger partial charge in [0.15, 0.2) is 0 Å². The molecule has 0 aliphatic heterocycles. The number of carbonyl (C=O) groups is 2. The zero-order valence-corrected chi connectivity index (χ0v) is 24.7. The Labute approximate surface area is 240 Å². The second kappa shape index (κ2) is 13.3. The molecule has 39 heavy (non-hydrogen) atoms. The van der Waals surface area contributed by atoms with Gasteiger partial charge in [0, 0.05) is 29.1 Å². The molecule has 10 heteroatoms. The fourth-order valence-electron chi connectivity index (χ4n) is 4.19. The molecule has 0 spiro atoms. The van der Waals surface area contributed by atoms with Crippen molar-refractivity contribution in [3.63, 3.8) is 0 Å². The van der Waals surface area contributed by atoms with Crippen molar-refractivity contribution in [2.45, 2.75) is 45.8 Å². The summed E-state index contributed by atoms with van der Waals surface area (Å²) in [5, 5.41) is 3.69. The number of amides is 2. The summed E-state index contributed by atoms with van der Waals surface area (Å²) < 4.78 is 26.9. The highest BCUT2D eigenvalue weighted by Gasteiger charge is 2.34. The second-order valence-corrected chi connectivity index (χ2v) is 12.4. The summed E-state index contributed by atoms with van der Waals surface area (Å²) in [6.45, 7) is 4.90. The van der Waals surface area contributed by atoms with Crippen molar-refractivity contribution in [3.05, 3.63) is 99.5 Å². The van der Waals surface area contributed by atoms with E-state index in [2.05, 4.69) is 5.32 Å². The highest BCUT2D eigenvalue weighted by atomic mass is 35.5. The standard InChI is InChI=1S/C29H33Cl2N3O4S/c1-20(2)32-29(36)27(16-22-10-6-5-7-11-22)33(18-23-12-8-9-13-25(23)31)28(35)19-34(39(4,37)38)26-17-24(30)15-14-21(26)3/h5-15,17,20,27H,16,18-19H2,1-4H3,(H,32,36)/t27-/m1/s1. The third-order valence-corrected chi connectivity index (χ3v) is 7.85. The minimum Gasteiger partial charge on any atom is -0.352 e. The molecule has 0 heterocycles. The monoisotopic (exact) mass is 589 g/mol. The first-order chi connectivity index (χ1) is 18.4. The van der Waals surface area contributed by atoms with Crippen molar-refractivity contribution in [1.82, 2.24) is 10.2 Å². The van der Waals surface area contributed by atoms with E-state index >= 15 is 0 Å². The predicted octanol–water partition coefficient (Wildman–Crippen LogP) is 5.23. The summed E-state index contributed by atoms with van der Waals surface area (Å²) in [5.74, 6) is -0.904. The van der Waals surface area contributed by atoms with Gasteiger partial charge in [-0.15, -0.1) is 0 Å². The van der Waals surface area contributed by atoms with E-state index in [1.54, 1.807) is 43.3 Å². The first kappa shape index (κ1) is 30.5. The van der Waals surface area contributed by atoms with E-state index in [0.717, 1.165) is 16.1 Å². The van der Waals surface area contributed by atoms with Crippen LogP contribution in [0.4, 0.5) is 5.69 Å². The van der Waals surface area contributed by atoms with Crippen LogP contribution in [-0.2, 0) is 32.6 Å². The van der Waals surface area contributed by atoms with Gasteiger partial charge in [-0.3, -0.25) is 13.9 Å². The van der Waals surface area contributed by atoms with Crippen LogP contribution in [0.1, 0.15) is 30.5 Å². The third-order valence-electron chi connectivity index (χ3n) is 6.12. The van der Waals surface area contributed by atoms with Gasteiger partial charge in [0.25, 0.3) is 0 Å². The highest BCUT2D eigenvalue weighted by molar-refractivity contribution is 7.92. The first-order valence-corrected chi connectivity index (χ1v) is 15.1. The number of carbonyl (C=O) groups excluding carboxylic acids is 2. The number of nitrogens with one attached hydrogen (secondary N) is 1. The summed E-state index contributed by atoms with van der Waals surface area (Å²) >= 11 is 12.6. The molecule has 0 radical (unpaired) electrons. The molecule has 0 aromatic heterocycles. The predicted molar refractivity (Wildman–Crippen MR) is 158 cm³/mol. The fourth-order valence-corrected chi connectivity index (χ4v) is 5.45. The molecule has 0 aliphatic rings. The third kappa shape index (κ3) is 8.46. The lowest BCUT2D eigenvalue weighted by Crippen LogP contribution is -2.54. The van der Waals surface area contributed by atoms with E-state index in [0.29, 0.717) is 26.9 Å². The minimum atomic E-state index is -3.89. The average molecular weight is 591 g/mol. The molecule has 0 fully saturated rings. The Morgan fingerprint density at radius 2 is 1.59 bits per heavy atom. The summed E-state index contributed by atoms with van der Waals surface area (Å²) in [6, 6.07) is 20.2. The molecule has 3 aromatic carbocycles. The Morgan fingerprint density at radius 3 is 2.21 bits per heavy atom. The molecule has 0 saturated heterocycles. The van der Waals surface area contributed by atoms with Crippen LogP contribution < -0.4 is 9.62 Å². The molecule has 3 rings (SSSR count). The number of halogens is 2. The SMILES string of the molecule is Cc1ccc(Cl)cc1N(CC(=O)N(Cc1ccccc1Cl)[C@H](Cc1ccccc1)C(=O)NC(C)C)S(C)(=O)=O. The minimum absolute atomic E-state index is 0.00759. The lowest BCUT2D eigenvalue weighted by Gasteiger charge is -2.34. The lowest BCUT2D eigenvalue weighted by atomic mass is 10.0. The van der Waals surface area contributed by atoms with Gasteiger partial charge in [-0.2, -0.15) is 0 Å². The van der Waals surface area contributed by atoms with E-state index in [-0.39, 0.29) is 24.9 Å². The lowest BCUT2D eigenvalue weighted by molar-refractivity contribution is -0.140. The maximum absolute atomic E-state index is 14.1. The molecule has 1 N–H and O–H groups in total. The van der Waals surface area contributed by atoms with Crippen molar-refractivity contribution in [3.8, 4) is 0 Å². The van der Waals surface area contributed by atoms with Gasteiger partial charge in [0.05, 0.1) is 11.9 Å². The van der Waals surface area contributed by atoms with Crippen LogP contribution in [-0.4, -0.2) is 50.0 Å². The van der Waals surface area contributed by atoms with Gasteiger partial charge in [-0.1, -0.05) is 77.8 Å². The van der Waals surface area contributed by atoms with Crippen LogP contribution in [0.15, 0.2) is 72.8 Å². The molecule has 2 amide bonds. The number of hydrogen-bond acceptors (Lipinski definition) is 4. The van der Waals surface area contributed by atoms with Gasteiger partial charge < -0.3 is 10.2 Å². The van der Waals surface area contributed by atoms with Crippen LogP contribution >= 0.6 is 23.2 Å². The Balaban J connectivity index is 2.09. The number of aryl methyl sites for hydroxylation is 1. The van der Waals surface area contributed by atoms with E-state index in [1.807, 2.05) is 44.2 Å². The molecule has 208 valence electrons. The molecule has 0 aliphatic carbocycles. The average Bonchev–Trinajstić information content (AvgIpc) is 2.86. The van der Waals surface area contributed by atoms with Crippen molar-refractivity contribution in [2.75, 3.05) is 17.1 Å². The van der Waals surface area contributed by atoms with Crippen LogP contribution in [0.3, 0.4) is 0 Å². The normalized spacial score (nSPS) is 12.2. The van der Waals surface area contributed by atoms with Crippen molar-refractivity contribution < 1.29 is 18.0 Å². The van der Waals surface area contributed by atoms with E-state index in [9.17, 15) is 18.0 Å². The summed E-state index contributed by atoms with van der Waals surface area (Å²) in [7, 11) is -3.89. The van der Waals surface area contributed by atoms with Gasteiger partial charge >= 0.3 is 0 Å². The number of hydrogen-bond donors (Lipinski definition) is 1. The van der Waals surface area contributed by atoms with Crippen LogP contribution in [0.25, 0.3) is 0 Å². The molecular formula is C29H33Cl2N3O4S. The number of anilines is 1. The van der Waals surface area contributed by atoms with Crippen LogP contribution in [0, 0.1) is 6.92 Å². The molecule has 0 bridgehead atoms. The number of benzene rings is 3. The van der Waals surface area contributed by atoms with E-state index in [1.165, 1.54) is 11.0 Å². The summed E-state index contributed by atoms with van der Waals surface area (Å²) in [4.78, 5) is 29.0. The molecule has 1 atom stereocenters. The van der Waals surface area contributed by atoms with Crippen molar-refractivity contribution in [2.24, 2.45) is 0 Å². The van der Waals surface area contributed by atoms with Gasteiger partial charge in [-0.05, 0) is 55.7 Å². The number of nitrogens with zero attached hydrogens (tertiary/aromatic N) is 2. The van der Waals surface area contributed by atoms with Crippen LogP contribution in [0.2, 0.25) is 10.0 Å². The summed E-state index contributed by atoms with van der Waals surface area (Å²) in [5.41, 5.74) is 2.41. The fraction of sp³-hybridized carbons (Fsp3) is 0.310. The number of rotatable bonds is 11. The zero-order valence-electron chi connectivity index (χ0n) is 22.4. The summed E-state index contributed by atoms with van der Waals surface area (Å²) in [6.07, 6.45) is 1.26. The number of sulfonamides is 1. The highest BCUT2D eigenvalue weighted by Crippen LogP contribution is 2.27. The Kier molecular flexibility index (Phi) is 10.4. The second-order valence-electron chi connectivity index (χ2n) is 9.68. The Morgan fingerprint density at radius 1 is 0.949 bits per heavy atom. The van der Waals surface area contributed by atoms with Gasteiger partial charge in [0.2, 0.25) is 21.8 Å².